The summed E-state index contributed by atoms with van der Waals surface area (Å²) in [4.78, 5) is 10.2. The van der Waals surface area contributed by atoms with E-state index in [4.69, 9.17) is 17.3 Å². The van der Waals surface area contributed by atoms with Gasteiger partial charge in [0.05, 0.1) is 0 Å². The van der Waals surface area contributed by atoms with E-state index in [0.29, 0.717) is 10.8 Å². The molecule has 0 aromatic carbocycles. The van der Waals surface area contributed by atoms with Crippen LogP contribution in [-0.4, -0.2) is 22.5 Å². The number of thiocarbonyl (C=S) groups is 1. The Bertz CT molecular complexity index is 796. The minimum atomic E-state index is -0.942. The Labute approximate surface area is 277 Å². The van der Waals surface area contributed by atoms with Crippen molar-refractivity contribution in [1.29, 1.82) is 0 Å². The SMILES string of the molecule is C#CC(C)(C)C.C/C=C/C=C/C(C)(C)C.CC(C)(C)C(N)C(=O)O.CC(C)(C)C1=CC=CC1.C[C-](C)C.C[C-]=S.[W+2]. The molecule has 0 saturated carbocycles. The zero-order valence-electron chi connectivity index (χ0n) is 29.7. The smallest absolute Gasteiger partial charge is 0.480 e. The second-order valence-corrected chi connectivity index (χ2v) is 14.5. The van der Waals surface area contributed by atoms with Gasteiger partial charge in [0, 0.05) is 5.41 Å². The number of allylic oxidation sites excluding steroid dienone is 8. The number of carbonyl (C=O) groups is 1. The van der Waals surface area contributed by atoms with Gasteiger partial charge in [-0.15, -0.1) is 12.3 Å². The van der Waals surface area contributed by atoms with Crippen molar-refractivity contribution >= 4 is 23.6 Å². The predicted octanol–water partition coefficient (Wildman–Crippen LogP) is 10.7. The van der Waals surface area contributed by atoms with Crippen LogP contribution in [0.25, 0.3) is 0 Å². The standard InChI is InChI=1S/C9H14.C9H16.C6H13NO2.C6H10.C4H9.C2H3S.W/c1-9(2,3)8-6-4-5-7-8;1-5-6-7-8-9(2,3)4;1-6(2,3)4(7)5(8)9;1-5-6(2,3)4;1-4(2)3;1-2-3;/h4-6H,7H2,1-3H3;5-8H,1-4H3;4H,7H2,1-3H3,(H,8,9);1H,2-4H3;1-3H3;1H3;/q;;;;2*-1;+2/b;6-5+,8-7+;;;;;. The molecule has 0 radical (unpaired) electrons. The molecular weight excluding hydrogens is 694 g/mol. The number of rotatable bonds is 2. The van der Waals surface area contributed by atoms with Crippen LogP contribution in [0.5, 0.6) is 0 Å². The van der Waals surface area contributed by atoms with Crippen LogP contribution in [0, 0.1) is 39.9 Å². The van der Waals surface area contributed by atoms with Gasteiger partial charge in [-0.1, -0.05) is 110 Å². The van der Waals surface area contributed by atoms with E-state index in [2.05, 4.69) is 116 Å². The summed E-state index contributed by atoms with van der Waals surface area (Å²) in [5, 5.41) is 10.7. The Morgan fingerprint density at radius 3 is 1.54 bits per heavy atom. The van der Waals surface area contributed by atoms with E-state index in [-0.39, 0.29) is 31.9 Å². The van der Waals surface area contributed by atoms with E-state index in [1.165, 1.54) is 5.92 Å². The quantitative estimate of drug-likeness (QED) is 0.127. The van der Waals surface area contributed by atoms with Crippen LogP contribution < -0.4 is 5.73 Å². The number of carboxylic acid groups (broad SMARTS) is 1. The van der Waals surface area contributed by atoms with Gasteiger partial charge < -0.3 is 34.3 Å². The van der Waals surface area contributed by atoms with E-state index < -0.39 is 12.0 Å². The Balaban J connectivity index is -0.0000000926. The van der Waals surface area contributed by atoms with Gasteiger partial charge in [-0.2, -0.15) is 27.7 Å². The molecule has 3 nitrogen and oxygen atoms in total. The monoisotopic (exact) mass is 759 g/mol. The van der Waals surface area contributed by atoms with Gasteiger partial charge in [-0.3, -0.25) is 4.79 Å². The van der Waals surface area contributed by atoms with E-state index in [9.17, 15) is 4.79 Å². The molecule has 238 valence electrons. The summed E-state index contributed by atoms with van der Waals surface area (Å²) in [6.07, 6.45) is 21.1. The summed E-state index contributed by atoms with van der Waals surface area (Å²) in [6, 6.07) is -0.766. The molecule has 1 unspecified atom stereocenters. The van der Waals surface area contributed by atoms with Crippen LogP contribution in [0.2, 0.25) is 0 Å². The third-order valence-electron chi connectivity index (χ3n) is 4.27. The third-order valence-corrected chi connectivity index (χ3v) is 4.27. The topological polar surface area (TPSA) is 63.3 Å². The molecule has 1 aliphatic carbocycles. The Morgan fingerprint density at radius 1 is 1.05 bits per heavy atom. The Kier molecular flexibility index (Phi) is 35.2. The molecule has 1 atom stereocenters. The molecule has 3 N–H and O–H groups in total. The van der Waals surface area contributed by atoms with Crippen LogP contribution in [0.4, 0.5) is 0 Å². The summed E-state index contributed by atoms with van der Waals surface area (Å²) in [7, 11) is 0. The van der Waals surface area contributed by atoms with Crippen LogP contribution in [0.3, 0.4) is 0 Å². The van der Waals surface area contributed by atoms with Gasteiger partial charge in [0.25, 0.3) is 0 Å². The van der Waals surface area contributed by atoms with Crippen molar-refractivity contribution in [3.8, 4) is 12.3 Å². The van der Waals surface area contributed by atoms with Gasteiger partial charge in [-0.05, 0) is 50.4 Å². The van der Waals surface area contributed by atoms with Gasteiger partial charge >= 0.3 is 27.0 Å². The first-order valence-corrected chi connectivity index (χ1v) is 14.3. The molecule has 0 aromatic heterocycles. The van der Waals surface area contributed by atoms with Crippen LogP contribution in [-0.2, 0) is 25.9 Å². The largest absolute Gasteiger partial charge is 2.00 e. The Hall–Kier alpha value is -1.27. The maximum absolute atomic E-state index is 10.2. The Morgan fingerprint density at radius 2 is 1.41 bits per heavy atom. The second-order valence-electron chi connectivity index (χ2n) is 14.1. The maximum atomic E-state index is 10.2. The summed E-state index contributed by atoms with van der Waals surface area (Å²) in [5.41, 5.74) is 7.26. The van der Waals surface area contributed by atoms with E-state index >= 15 is 0 Å². The molecule has 5 heteroatoms. The van der Waals surface area contributed by atoms with Crippen molar-refractivity contribution in [3.05, 3.63) is 54.0 Å². The molecule has 0 bridgehead atoms. The molecule has 1 rings (SSSR count). The van der Waals surface area contributed by atoms with Crippen molar-refractivity contribution in [1.82, 2.24) is 0 Å². The summed E-state index contributed by atoms with van der Waals surface area (Å²) >= 11 is 4.14. The number of hydrogen-bond donors (Lipinski definition) is 2. The third kappa shape index (κ3) is 55.3. The fraction of sp³-hybridized carbons (Fsp3) is 0.639. The van der Waals surface area contributed by atoms with E-state index in [1.54, 1.807) is 33.3 Å². The molecule has 0 aliphatic heterocycles. The first kappa shape index (κ1) is 52.4. The first-order chi connectivity index (χ1) is 17.7. The zero-order valence-corrected chi connectivity index (χ0v) is 33.4. The molecule has 0 saturated heterocycles. The fourth-order valence-electron chi connectivity index (χ4n) is 1.83. The van der Waals surface area contributed by atoms with Gasteiger partial charge in [0.15, 0.2) is 0 Å². The molecule has 0 fully saturated rings. The van der Waals surface area contributed by atoms with Crippen molar-refractivity contribution in [2.24, 2.45) is 27.4 Å². The number of hydrogen-bond acceptors (Lipinski definition) is 3. The van der Waals surface area contributed by atoms with E-state index in [0.717, 1.165) is 6.42 Å². The van der Waals surface area contributed by atoms with Crippen LogP contribution in [0.1, 0.15) is 124 Å². The summed E-state index contributed by atoms with van der Waals surface area (Å²) in [6.45, 7) is 34.7. The number of nitrogens with two attached hydrogens (primary N) is 1. The molecule has 0 heterocycles. The summed E-state index contributed by atoms with van der Waals surface area (Å²) in [5.74, 6) is 3.08. The molecule has 0 spiro atoms. The molecule has 0 amide bonds. The minimum Gasteiger partial charge on any atom is -0.480 e. The van der Waals surface area contributed by atoms with Crippen molar-refractivity contribution in [2.45, 2.75) is 130 Å². The molecule has 1 aliphatic rings. The van der Waals surface area contributed by atoms with Crippen molar-refractivity contribution in [3.63, 3.8) is 0 Å². The zero-order chi connectivity index (χ0) is 33.4. The number of terminal acetylenes is 1. The molecular formula is C36H65NO2SW. The molecule has 41 heavy (non-hydrogen) atoms. The number of carboxylic acids is 1. The van der Waals surface area contributed by atoms with Gasteiger partial charge in [0.2, 0.25) is 0 Å². The maximum Gasteiger partial charge on any atom is 2.00 e. The average molecular weight is 760 g/mol. The predicted molar refractivity (Wildman–Crippen MR) is 187 cm³/mol. The van der Waals surface area contributed by atoms with Crippen LogP contribution >= 0.6 is 12.2 Å². The first-order valence-electron chi connectivity index (χ1n) is 13.9. The van der Waals surface area contributed by atoms with Gasteiger partial charge in [0.1, 0.15) is 6.04 Å². The van der Waals surface area contributed by atoms with Crippen LogP contribution in [0.15, 0.2) is 48.1 Å². The molecule has 0 aromatic rings. The minimum absolute atomic E-state index is 0. The fourth-order valence-corrected chi connectivity index (χ4v) is 1.83. The average Bonchev–Trinajstić information content (AvgIpc) is 3.28. The van der Waals surface area contributed by atoms with Crippen molar-refractivity contribution < 1.29 is 31.0 Å². The van der Waals surface area contributed by atoms with Gasteiger partial charge in [-0.25, -0.2) is 0 Å². The number of aliphatic carboxylic acids is 1. The normalized spacial score (nSPS) is 13.1. The van der Waals surface area contributed by atoms with Crippen molar-refractivity contribution in [2.75, 3.05) is 0 Å². The summed E-state index contributed by atoms with van der Waals surface area (Å²) < 4.78 is 0. The second kappa shape index (κ2) is 27.6. The van der Waals surface area contributed by atoms with E-state index in [1.807, 2.05) is 39.8 Å².